The van der Waals surface area contributed by atoms with Crippen molar-refractivity contribution in [3.63, 3.8) is 0 Å². The van der Waals surface area contributed by atoms with E-state index in [0.717, 1.165) is 19.4 Å². The number of hydrogen-bond donors (Lipinski definition) is 2. The normalized spacial score (nSPS) is 29.0. The van der Waals surface area contributed by atoms with Crippen LogP contribution < -0.4 is 10.1 Å². The zero-order chi connectivity index (χ0) is 18.4. The van der Waals surface area contributed by atoms with Crippen LogP contribution in [0.1, 0.15) is 12.8 Å². The third-order valence-electron chi connectivity index (χ3n) is 5.02. The molecule has 2 N–H and O–H groups in total. The van der Waals surface area contributed by atoms with Gasteiger partial charge in [0.2, 0.25) is 0 Å². The van der Waals surface area contributed by atoms with Gasteiger partial charge in [-0.2, -0.15) is 0 Å². The number of likely N-dealkylation sites (tertiary alicyclic amines) is 1. The maximum atomic E-state index is 12.1. The summed E-state index contributed by atoms with van der Waals surface area (Å²) >= 11 is 0. The Labute approximate surface area is 154 Å². The van der Waals surface area contributed by atoms with Gasteiger partial charge in [-0.05, 0) is 31.5 Å². The molecule has 0 aliphatic carbocycles. The number of carbonyl (C=O) groups is 1. The fourth-order valence-electron chi connectivity index (χ4n) is 3.63. The number of methoxy groups -OCH3 is 1. The third kappa shape index (κ3) is 4.94. The summed E-state index contributed by atoms with van der Waals surface area (Å²) in [7, 11) is 1.71. The molecule has 1 amide bonds. The Morgan fingerprint density at radius 2 is 2.19 bits per heavy atom. The summed E-state index contributed by atoms with van der Waals surface area (Å²) in [6, 6.07) is 9.14. The zero-order valence-corrected chi connectivity index (χ0v) is 15.2. The molecule has 7 nitrogen and oxygen atoms in total. The van der Waals surface area contributed by atoms with Crippen molar-refractivity contribution in [2.45, 2.75) is 37.1 Å². The Kier molecular flexibility index (Phi) is 6.85. The molecule has 1 aromatic carbocycles. The van der Waals surface area contributed by atoms with Gasteiger partial charge in [-0.3, -0.25) is 9.69 Å². The van der Waals surface area contributed by atoms with Crippen LogP contribution in [-0.2, 0) is 14.3 Å². The van der Waals surface area contributed by atoms with Gasteiger partial charge in [-0.1, -0.05) is 18.2 Å². The molecule has 2 fully saturated rings. The number of hydrogen-bond acceptors (Lipinski definition) is 6. The zero-order valence-electron chi connectivity index (χ0n) is 15.2. The first-order valence-corrected chi connectivity index (χ1v) is 9.17. The second-order valence-corrected chi connectivity index (χ2v) is 6.88. The van der Waals surface area contributed by atoms with E-state index in [1.54, 1.807) is 19.2 Å². The highest BCUT2D eigenvalue weighted by molar-refractivity contribution is 5.78. The van der Waals surface area contributed by atoms with Gasteiger partial charge in [0.1, 0.15) is 11.9 Å². The average Bonchev–Trinajstić information content (AvgIpc) is 3.23. The summed E-state index contributed by atoms with van der Waals surface area (Å²) in [5.41, 5.74) is 0. The van der Waals surface area contributed by atoms with Crippen molar-refractivity contribution >= 4 is 5.91 Å². The number of aliphatic hydroxyl groups excluding tert-OH is 1. The van der Waals surface area contributed by atoms with E-state index >= 15 is 0 Å². The molecule has 144 valence electrons. The van der Waals surface area contributed by atoms with Crippen LogP contribution in [0.5, 0.6) is 5.75 Å². The quantitative estimate of drug-likeness (QED) is 0.696. The van der Waals surface area contributed by atoms with Gasteiger partial charge in [0.05, 0.1) is 25.4 Å². The lowest BCUT2D eigenvalue weighted by Crippen LogP contribution is -2.48. The van der Waals surface area contributed by atoms with Crippen LogP contribution in [0.15, 0.2) is 30.3 Å². The molecule has 0 bridgehead atoms. The summed E-state index contributed by atoms with van der Waals surface area (Å²) in [5, 5.41) is 13.3. The second-order valence-electron chi connectivity index (χ2n) is 6.88. The van der Waals surface area contributed by atoms with E-state index in [2.05, 4.69) is 10.2 Å². The van der Waals surface area contributed by atoms with Crippen LogP contribution in [0.3, 0.4) is 0 Å². The van der Waals surface area contributed by atoms with Gasteiger partial charge in [0.15, 0.2) is 6.61 Å². The van der Waals surface area contributed by atoms with Crippen LogP contribution in [0.25, 0.3) is 0 Å². The molecule has 4 unspecified atom stereocenters. The van der Waals surface area contributed by atoms with E-state index in [1.807, 2.05) is 18.2 Å². The number of ether oxygens (including phenoxy) is 3. The molecule has 7 heteroatoms. The maximum absolute atomic E-state index is 12.1. The summed E-state index contributed by atoms with van der Waals surface area (Å²) in [4.78, 5) is 14.4. The van der Waals surface area contributed by atoms with Crippen LogP contribution in [-0.4, -0.2) is 80.2 Å². The SMILES string of the molecule is COCC1CCCN1CC1OCC(NC(=O)COc2ccccc2)C1O. The number of nitrogens with one attached hydrogen (secondary N) is 1. The van der Waals surface area contributed by atoms with E-state index in [0.29, 0.717) is 31.5 Å². The number of benzene rings is 1. The number of para-hydroxylation sites is 1. The number of aliphatic hydroxyl groups is 1. The van der Waals surface area contributed by atoms with Crippen LogP contribution >= 0.6 is 0 Å². The Bertz CT molecular complexity index is 570. The summed E-state index contributed by atoms with van der Waals surface area (Å²) in [6.45, 7) is 2.57. The first-order chi connectivity index (χ1) is 12.7. The van der Waals surface area contributed by atoms with E-state index in [-0.39, 0.29) is 18.6 Å². The van der Waals surface area contributed by atoms with Crippen LogP contribution in [0.2, 0.25) is 0 Å². The lowest BCUT2D eigenvalue weighted by atomic mass is 10.1. The van der Waals surface area contributed by atoms with Crippen molar-refractivity contribution in [3.05, 3.63) is 30.3 Å². The van der Waals surface area contributed by atoms with Gasteiger partial charge in [-0.15, -0.1) is 0 Å². The second kappa shape index (κ2) is 9.32. The molecule has 2 aliphatic rings. The fourth-order valence-corrected chi connectivity index (χ4v) is 3.63. The molecule has 0 aromatic heterocycles. The predicted molar refractivity (Wildman–Crippen MR) is 96.1 cm³/mol. The summed E-state index contributed by atoms with van der Waals surface area (Å²) in [5.74, 6) is 0.377. The molecule has 1 aromatic rings. The highest BCUT2D eigenvalue weighted by Crippen LogP contribution is 2.22. The molecular formula is C19H28N2O5. The molecule has 2 heterocycles. The first-order valence-electron chi connectivity index (χ1n) is 9.17. The lowest BCUT2D eigenvalue weighted by molar-refractivity contribution is -0.124. The number of amides is 1. The van der Waals surface area contributed by atoms with E-state index < -0.39 is 12.1 Å². The highest BCUT2D eigenvalue weighted by Gasteiger charge is 2.39. The summed E-state index contributed by atoms with van der Waals surface area (Å²) in [6.07, 6.45) is 1.22. The number of carbonyl (C=O) groups excluding carboxylic acids is 1. The molecule has 0 spiro atoms. The molecule has 0 radical (unpaired) electrons. The minimum Gasteiger partial charge on any atom is -0.484 e. The van der Waals surface area contributed by atoms with Crippen molar-refractivity contribution in [1.29, 1.82) is 0 Å². The van der Waals surface area contributed by atoms with Crippen molar-refractivity contribution < 1.29 is 24.1 Å². The molecular weight excluding hydrogens is 336 g/mol. The van der Waals surface area contributed by atoms with Gasteiger partial charge in [-0.25, -0.2) is 0 Å². The lowest BCUT2D eigenvalue weighted by Gasteiger charge is -2.28. The van der Waals surface area contributed by atoms with Gasteiger partial charge in [0, 0.05) is 19.7 Å². The molecule has 2 aliphatic heterocycles. The molecule has 0 saturated carbocycles. The Morgan fingerprint density at radius 3 is 2.96 bits per heavy atom. The highest BCUT2D eigenvalue weighted by atomic mass is 16.5. The van der Waals surface area contributed by atoms with Gasteiger partial charge >= 0.3 is 0 Å². The van der Waals surface area contributed by atoms with E-state index in [1.165, 1.54) is 0 Å². The van der Waals surface area contributed by atoms with Crippen molar-refractivity contribution in [2.24, 2.45) is 0 Å². The Balaban J connectivity index is 1.43. The monoisotopic (exact) mass is 364 g/mol. The number of rotatable bonds is 8. The molecule has 4 atom stereocenters. The fraction of sp³-hybridized carbons (Fsp3) is 0.632. The minimum absolute atomic E-state index is 0.0834. The minimum atomic E-state index is -0.723. The van der Waals surface area contributed by atoms with Crippen molar-refractivity contribution in [3.8, 4) is 5.75 Å². The molecule has 3 rings (SSSR count). The average molecular weight is 364 g/mol. The molecule has 26 heavy (non-hydrogen) atoms. The number of nitrogens with zero attached hydrogens (tertiary/aromatic N) is 1. The predicted octanol–water partition coefficient (Wildman–Crippen LogP) is 0.421. The standard InChI is InChI=1S/C19H28N2O5/c1-24-11-14-6-5-9-21(14)10-17-19(23)16(12-26-17)20-18(22)13-25-15-7-3-2-4-8-15/h2-4,7-8,14,16-17,19,23H,5-6,9-13H2,1H3,(H,20,22). The van der Waals surface area contributed by atoms with Crippen molar-refractivity contribution in [1.82, 2.24) is 10.2 Å². The maximum Gasteiger partial charge on any atom is 0.258 e. The molecule has 2 saturated heterocycles. The van der Waals surface area contributed by atoms with Gasteiger partial charge < -0.3 is 24.6 Å². The van der Waals surface area contributed by atoms with Crippen LogP contribution in [0, 0.1) is 0 Å². The third-order valence-corrected chi connectivity index (χ3v) is 5.02. The Morgan fingerprint density at radius 1 is 1.38 bits per heavy atom. The van der Waals surface area contributed by atoms with E-state index in [9.17, 15) is 9.90 Å². The first kappa shape index (κ1) is 19.1. The van der Waals surface area contributed by atoms with Crippen LogP contribution in [0.4, 0.5) is 0 Å². The van der Waals surface area contributed by atoms with E-state index in [4.69, 9.17) is 14.2 Å². The Hall–Kier alpha value is -1.67. The largest absolute Gasteiger partial charge is 0.484 e. The smallest absolute Gasteiger partial charge is 0.258 e. The topological polar surface area (TPSA) is 80.3 Å². The summed E-state index contributed by atoms with van der Waals surface area (Å²) < 4.78 is 16.4. The van der Waals surface area contributed by atoms with Gasteiger partial charge in [0.25, 0.3) is 5.91 Å². The van der Waals surface area contributed by atoms with Crippen molar-refractivity contribution in [2.75, 3.05) is 40.0 Å².